The molecule has 5 heteroatoms. The topological polar surface area (TPSA) is 51.0 Å². The van der Waals surface area contributed by atoms with Gasteiger partial charge in [-0.3, -0.25) is 4.79 Å². The van der Waals surface area contributed by atoms with Crippen molar-refractivity contribution in [1.29, 1.82) is 0 Å². The summed E-state index contributed by atoms with van der Waals surface area (Å²) < 4.78 is 1.93. The van der Waals surface area contributed by atoms with Gasteiger partial charge in [-0.25, -0.2) is 4.68 Å². The van der Waals surface area contributed by atoms with Crippen molar-refractivity contribution >= 4 is 11.6 Å². The number of anilines is 1. The Morgan fingerprint density at radius 2 is 1.32 bits per heavy atom. The molecule has 0 unspecified atom stereocenters. The van der Waals surface area contributed by atoms with Gasteiger partial charge in [0.1, 0.15) is 5.69 Å². The molecule has 0 fully saturated rings. The van der Waals surface area contributed by atoms with Crippen molar-refractivity contribution in [3.63, 3.8) is 0 Å². The standard InChI is InChI=1S/C23H26N4O/c1-22(2,3)26-18-14-10-9-13-17(18)19-20(27(25-24-19)23(4,5)6)15-11-7-8-12-16(15)21(26)28/h7-14H,1-6H3. The van der Waals surface area contributed by atoms with E-state index in [1.807, 2.05) is 58.1 Å². The molecule has 1 aliphatic heterocycles. The predicted octanol–water partition coefficient (Wildman–Crippen LogP) is 5.13. The number of hydrogen-bond donors (Lipinski definition) is 0. The first-order valence-corrected chi connectivity index (χ1v) is 9.60. The van der Waals surface area contributed by atoms with Gasteiger partial charge < -0.3 is 4.90 Å². The Labute approximate surface area is 166 Å². The van der Waals surface area contributed by atoms with Crippen LogP contribution in [0.5, 0.6) is 0 Å². The number of amides is 1. The molecular weight excluding hydrogens is 348 g/mol. The zero-order valence-corrected chi connectivity index (χ0v) is 17.3. The van der Waals surface area contributed by atoms with Crippen molar-refractivity contribution in [1.82, 2.24) is 15.0 Å². The number of para-hydroxylation sites is 1. The van der Waals surface area contributed by atoms with Crippen molar-refractivity contribution in [3.8, 4) is 22.5 Å². The van der Waals surface area contributed by atoms with E-state index in [0.717, 1.165) is 28.2 Å². The van der Waals surface area contributed by atoms with Gasteiger partial charge in [0.2, 0.25) is 0 Å². The van der Waals surface area contributed by atoms with Crippen LogP contribution in [-0.2, 0) is 5.54 Å². The third-order valence-electron chi connectivity index (χ3n) is 4.99. The molecule has 0 radical (unpaired) electrons. The highest BCUT2D eigenvalue weighted by atomic mass is 16.2. The average Bonchev–Trinajstić information content (AvgIpc) is 3.05. The third-order valence-corrected chi connectivity index (χ3v) is 4.99. The maximum atomic E-state index is 13.8. The molecule has 0 saturated carbocycles. The minimum atomic E-state index is -0.391. The predicted molar refractivity (Wildman–Crippen MR) is 112 cm³/mol. The van der Waals surface area contributed by atoms with E-state index in [2.05, 4.69) is 51.9 Å². The highest BCUT2D eigenvalue weighted by Gasteiger charge is 2.37. The van der Waals surface area contributed by atoms with Crippen LogP contribution in [0, 0.1) is 0 Å². The van der Waals surface area contributed by atoms with E-state index in [1.54, 1.807) is 0 Å². The van der Waals surface area contributed by atoms with Gasteiger partial charge in [0.15, 0.2) is 0 Å². The van der Waals surface area contributed by atoms with E-state index in [9.17, 15) is 4.79 Å². The van der Waals surface area contributed by atoms with Crippen LogP contribution in [0.2, 0.25) is 0 Å². The minimum Gasteiger partial charge on any atom is -0.302 e. The van der Waals surface area contributed by atoms with Crippen LogP contribution >= 0.6 is 0 Å². The van der Waals surface area contributed by atoms with Crippen molar-refractivity contribution < 1.29 is 4.79 Å². The highest BCUT2D eigenvalue weighted by Crippen LogP contribution is 2.43. The fourth-order valence-electron chi connectivity index (χ4n) is 3.82. The van der Waals surface area contributed by atoms with Crippen LogP contribution in [0.15, 0.2) is 48.5 Å². The van der Waals surface area contributed by atoms with E-state index in [0.29, 0.717) is 5.56 Å². The van der Waals surface area contributed by atoms with Gasteiger partial charge in [-0.2, -0.15) is 0 Å². The second-order valence-corrected chi connectivity index (χ2v) is 9.24. The van der Waals surface area contributed by atoms with Crippen LogP contribution in [0.4, 0.5) is 5.69 Å². The van der Waals surface area contributed by atoms with E-state index in [1.165, 1.54) is 0 Å². The first-order valence-electron chi connectivity index (χ1n) is 9.60. The average molecular weight is 374 g/mol. The fraction of sp³-hybridized carbons (Fsp3) is 0.348. The Kier molecular flexibility index (Phi) is 3.96. The minimum absolute atomic E-state index is 0.0112. The SMILES string of the molecule is CC(C)(C)N1C(=O)c2ccccc2-c2c(nnn2C(C)(C)C)-c2ccccc21. The molecule has 2 heterocycles. The first kappa shape index (κ1) is 18.4. The van der Waals surface area contributed by atoms with Crippen LogP contribution in [0.25, 0.3) is 22.5 Å². The van der Waals surface area contributed by atoms with Gasteiger partial charge in [-0.15, -0.1) is 5.10 Å². The number of aromatic nitrogens is 3. The second kappa shape index (κ2) is 6.03. The molecule has 1 amide bonds. The number of fused-ring (bicyclic) bond motifs is 5. The Morgan fingerprint density at radius 3 is 1.93 bits per heavy atom. The van der Waals surface area contributed by atoms with Gasteiger partial charge in [0.05, 0.1) is 16.9 Å². The molecule has 0 aliphatic carbocycles. The zero-order valence-electron chi connectivity index (χ0n) is 17.3. The third kappa shape index (κ3) is 2.73. The molecule has 28 heavy (non-hydrogen) atoms. The van der Waals surface area contributed by atoms with Crippen molar-refractivity contribution in [2.75, 3.05) is 4.90 Å². The van der Waals surface area contributed by atoms with E-state index in [4.69, 9.17) is 0 Å². The number of hydrogen-bond acceptors (Lipinski definition) is 3. The molecule has 3 aromatic rings. The monoisotopic (exact) mass is 374 g/mol. The lowest BCUT2D eigenvalue weighted by molar-refractivity contribution is 0.0966. The van der Waals surface area contributed by atoms with Gasteiger partial charge in [0, 0.05) is 22.2 Å². The largest absolute Gasteiger partial charge is 0.302 e. The number of nitrogens with zero attached hydrogens (tertiary/aromatic N) is 4. The number of rotatable bonds is 0. The lowest BCUT2D eigenvalue weighted by Crippen LogP contribution is -2.46. The smallest absolute Gasteiger partial charge is 0.259 e. The summed E-state index contributed by atoms with van der Waals surface area (Å²) in [4.78, 5) is 15.6. The Morgan fingerprint density at radius 1 is 0.750 bits per heavy atom. The molecule has 1 aromatic heterocycles. The van der Waals surface area contributed by atoms with Crippen molar-refractivity contribution in [2.45, 2.75) is 52.6 Å². The second-order valence-electron chi connectivity index (χ2n) is 9.24. The summed E-state index contributed by atoms with van der Waals surface area (Å²) in [5, 5.41) is 9.08. The molecular formula is C23H26N4O. The summed E-state index contributed by atoms with van der Waals surface area (Å²) >= 11 is 0. The molecule has 0 bridgehead atoms. The molecule has 144 valence electrons. The van der Waals surface area contributed by atoms with Crippen LogP contribution in [0.1, 0.15) is 51.9 Å². The summed E-state index contributed by atoms with van der Waals surface area (Å²) in [5.41, 5.74) is 4.35. The number of carbonyl (C=O) groups is 1. The van der Waals surface area contributed by atoms with Gasteiger partial charge >= 0.3 is 0 Å². The summed E-state index contributed by atoms with van der Waals surface area (Å²) in [5.74, 6) is -0.0112. The summed E-state index contributed by atoms with van der Waals surface area (Å²) in [6, 6.07) is 15.7. The molecule has 5 nitrogen and oxygen atoms in total. The summed E-state index contributed by atoms with van der Waals surface area (Å²) in [6.07, 6.45) is 0. The summed E-state index contributed by atoms with van der Waals surface area (Å²) in [7, 11) is 0. The van der Waals surface area contributed by atoms with Crippen LogP contribution < -0.4 is 4.90 Å². The van der Waals surface area contributed by atoms with Crippen LogP contribution in [0.3, 0.4) is 0 Å². The van der Waals surface area contributed by atoms with Crippen molar-refractivity contribution in [3.05, 3.63) is 54.1 Å². The lowest BCUT2D eigenvalue weighted by Gasteiger charge is -2.38. The molecule has 4 rings (SSSR count). The van der Waals surface area contributed by atoms with Crippen molar-refractivity contribution in [2.24, 2.45) is 0 Å². The van der Waals surface area contributed by atoms with E-state index in [-0.39, 0.29) is 11.4 Å². The highest BCUT2D eigenvalue weighted by molar-refractivity contribution is 6.14. The Balaban J connectivity index is 2.17. The normalized spacial score (nSPS) is 14.1. The molecule has 0 atom stereocenters. The summed E-state index contributed by atoms with van der Waals surface area (Å²) in [6.45, 7) is 12.5. The molecule has 1 aliphatic rings. The van der Waals surface area contributed by atoms with Gasteiger partial charge in [-0.1, -0.05) is 41.6 Å². The maximum absolute atomic E-state index is 13.8. The number of benzene rings is 2. The lowest BCUT2D eigenvalue weighted by atomic mass is 9.91. The van der Waals surface area contributed by atoms with Gasteiger partial charge in [0.25, 0.3) is 5.91 Å². The van der Waals surface area contributed by atoms with E-state index >= 15 is 0 Å². The van der Waals surface area contributed by atoms with Crippen LogP contribution in [-0.4, -0.2) is 26.4 Å². The Bertz CT molecular complexity index is 1070. The quantitative estimate of drug-likeness (QED) is 0.548. The van der Waals surface area contributed by atoms with E-state index < -0.39 is 5.54 Å². The molecule has 0 saturated heterocycles. The number of carbonyl (C=O) groups excluding carboxylic acids is 1. The maximum Gasteiger partial charge on any atom is 0.259 e. The zero-order chi connectivity index (χ0) is 20.3. The Hall–Kier alpha value is -2.95. The fourth-order valence-corrected chi connectivity index (χ4v) is 3.82. The first-order chi connectivity index (χ1) is 13.1. The molecule has 2 aromatic carbocycles. The molecule has 0 N–H and O–H groups in total. The van der Waals surface area contributed by atoms with Gasteiger partial charge in [-0.05, 0) is 53.7 Å². The molecule has 0 spiro atoms.